The predicted molar refractivity (Wildman–Crippen MR) is 48.7 cm³/mol. The molecule has 0 aromatic rings. The third-order valence-electron chi connectivity index (χ3n) is 1.15. The second-order valence-corrected chi connectivity index (χ2v) is 2.00. The van der Waals surface area contributed by atoms with E-state index in [2.05, 4.69) is 22.7 Å². The smallest absolute Gasteiger partial charge is 0.128 e. The van der Waals surface area contributed by atoms with E-state index in [-0.39, 0.29) is 0 Å². The molecule has 0 aromatic heterocycles. The summed E-state index contributed by atoms with van der Waals surface area (Å²) in [6.45, 7) is 7.11. The van der Waals surface area contributed by atoms with E-state index >= 15 is 0 Å². The van der Waals surface area contributed by atoms with Gasteiger partial charge in [-0.25, -0.2) is 0 Å². The van der Waals surface area contributed by atoms with Gasteiger partial charge in [-0.2, -0.15) is 0 Å². The lowest BCUT2D eigenvalue weighted by molar-refractivity contribution is 0.677. The van der Waals surface area contributed by atoms with Gasteiger partial charge in [0.15, 0.2) is 0 Å². The van der Waals surface area contributed by atoms with Gasteiger partial charge in [0.25, 0.3) is 0 Å². The van der Waals surface area contributed by atoms with Gasteiger partial charge in [0.05, 0.1) is 0 Å². The number of allylic oxidation sites excluding steroid dienone is 1. The summed E-state index contributed by atoms with van der Waals surface area (Å²) in [6.07, 6.45) is 3.83. The zero-order valence-corrected chi connectivity index (χ0v) is 7.20. The van der Waals surface area contributed by atoms with Gasteiger partial charge >= 0.3 is 0 Å². The molecule has 0 unspecified atom stereocenters. The van der Waals surface area contributed by atoms with E-state index in [4.69, 9.17) is 0 Å². The molecule has 0 aliphatic rings. The number of hydrogen-bond donors (Lipinski definition) is 0. The Morgan fingerprint density at radius 2 is 2.27 bits per heavy atom. The lowest BCUT2D eigenvalue weighted by Crippen LogP contribution is -2.16. The molecule has 0 bridgehead atoms. The molecule has 0 radical (unpaired) electrons. The van der Waals surface area contributed by atoms with Crippen molar-refractivity contribution >= 4 is 11.7 Å². The lowest BCUT2D eigenvalue weighted by Gasteiger charge is -2.10. The molecule has 11 heavy (non-hydrogen) atoms. The molecule has 0 N–H and O–H groups in total. The van der Waals surface area contributed by atoms with Crippen LogP contribution in [0.4, 0.5) is 0 Å². The molecule has 0 fully saturated rings. The zero-order valence-electron chi connectivity index (χ0n) is 7.20. The highest BCUT2D eigenvalue weighted by Crippen LogP contribution is 1.88. The summed E-state index contributed by atoms with van der Waals surface area (Å²) in [5, 5.41) is 7.33. The van der Waals surface area contributed by atoms with Crippen LogP contribution in [0.1, 0.15) is 13.8 Å². The summed E-state index contributed by atoms with van der Waals surface area (Å²) in [4.78, 5) is 1.86. The summed E-state index contributed by atoms with van der Waals surface area (Å²) in [7, 11) is 1.90. The SMILES string of the molecule is C=C=N/N=C(\C)N(C)/C=C\C. The highest BCUT2D eigenvalue weighted by Gasteiger charge is 1.92. The van der Waals surface area contributed by atoms with Crippen LogP contribution in [0, 0.1) is 0 Å². The minimum atomic E-state index is 0.805. The second-order valence-electron chi connectivity index (χ2n) is 2.00. The molecule has 0 spiro atoms. The third-order valence-corrected chi connectivity index (χ3v) is 1.15. The van der Waals surface area contributed by atoms with Gasteiger partial charge in [-0.3, -0.25) is 0 Å². The van der Waals surface area contributed by atoms with Crippen molar-refractivity contribution in [2.75, 3.05) is 7.05 Å². The van der Waals surface area contributed by atoms with Crippen LogP contribution in [0.25, 0.3) is 0 Å². The maximum atomic E-state index is 3.80. The van der Waals surface area contributed by atoms with Gasteiger partial charge < -0.3 is 4.90 Å². The molecule has 3 heteroatoms. The quantitative estimate of drug-likeness (QED) is 0.335. The van der Waals surface area contributed by atoms with Crippen molar-refractivity contribution in [3.05, 3.63) is 18.9 Å². The van der Waals surface area contributed by atoms with Gasteiger partial charge in [-0.15, -0.1) is 10.2 Å². The lowest BCUT2D eigenvalue weighted by atomic mass is 10.5. The third kappa shape index (κ3) is 4.12. The molecule has 0 aromatic carbocycles. The Balaban J connectivity index is 4.21. The molecule has 0 saturated carbocycles. The zero-order chi connectivity index (χ0) is 8.69. The Morgan fingerprint density at radius 1 is 1.64 bits per heavy atom. The average Bonchev–Trinajstić information content (AvgIpc) is 2.00. The molecule has 0 aliphatic carbocycles. The fourth-order valence-electron chi connectivity index (χ4n) is 0.510. The first kappa shape index (κ1) is 9.66. The predicted octanol–water partition coefficient (Wildman–Crippen LogP) is 1.64. The molecule has 0 rings (SSSR count). The highest BCUT2D eigenvalue weighted by atomic mass is 15.3. The standard InChI is InChI=1S/C8H13N3/c1-5-7-11(4)8(3)10-9-6-2/h5,7H,2H2,1,3-4H3/b7-5-,10-8+. The largest absolute Gasteiger partial charge is 0.339 e. The van der Waals surface area contributed by atoms with E-state index in [0.717, 1.165) is 5.84 Å². The van der Waals surface area contributed by atoms with Crippen molar-refractivity contribution in [3.63, 3.8) is 0 Å². The number of amidine groups is 1. The normalized spacial score (nSPS) is 11.4. The van der Waals surface area contributed by atoms with Gasteiger partial charge in [-0.1, -0.05) is 6.08 Å². The van der Waals surface area contributed by atoms with Crippen molar-refractivity contribution < 1.29 is 0 Å². The van der Waals surface area contributed by atoms with Crippen molar-refractivity contribution in [3.8, 4) is 0 Å². The van der Waals surface area contributed by atoms with E-state index in [1.54, 1.807) is 0 Å². The van der Waals surface area contributed by atoms with Crippen molar-refractivity contribution in [1.29, 1.82) is 0 Å². The van der Waals surface area contributed by atoms with Crippen LogP contribution in [0.15, 0.2) is 29.1 Å². The molecule has 60 valence electrons. The minimum Gasteiger partial charge on any atom is -0.339 e. The first-order valence-electron chi connectivity index (χ1n) is 3.34. The van der Waals surface area contributed by atoms with Crippen LogP contribution < -0.4 is 0 Å². The first-order chi connectivity index (χ1) is 5.22. The van der Waals surface area contributed by atoms with Gasteiger partial charge in [0.2, 0.25) is 0 Å². The van der Waals surface area contributed by atoms with Gasteiger partial charge in [-0.05, 0) is 20.4 Å². The van der Waals surface area contributed by atoms with Gasteiger partial charge in [0, 0.05) is 19.1 Å². The van der Waals surface area contributed by atoms with Crippen molar-refractivity contribution in [2.45, 2.75) is 13.8 Å². The maximum Gasteiger partial charge on any atom is 0.128 e. The molecule has 3 nitrogen and oxygen atoms in total. The number of nitrogens with zero attached hydrogens (tertiary/aromatic N) is 3. The molecule has 0 aliphatic heterocycles. The van der Waals surface area contributed by atoms with Crippen LogP contribution in [0.2, 0.25) is 0 Å². The molecule has 0 saturated heterocycles. The summed E-state index contributed by atoms with van der Waals surface area (Å²) in [5.41, 5.74) is 0. The number of rotatable bonds is 2. The van der Waals surface area contributed by atoms with Crippen molar-refractivity contribution in [1.82, 2.24) is 4.90 Å². The molecule has 0 heterocycles. The molecular weight excluding hydrogens is 138 g/mol. The van der Waals surface area contributed by atoms with Crippen LogP contribution in [0.3, 0.4) is 0 Å². The van der Waals surface area contributed by atoms with Crippen LogP contribution in [0.5, 0.6) is 0 Å². The molecular formula is C8H13N3. The first-order valence-corrected chi connectivity index (χ1v) is 3.34. The monoisotopic (exact) mass is 151 g/mol. The Morgan fingerprint density at radius 3 is 2.73 bits per heavy atom. The Hall–Kier alpha value is -1.34. The van der Waals surface area contributed by atoms with Crippen LogP contribution in [-0.4, -0.2) is 23.7 Å². The van der Waals surface area contributed by atoms with E-state index in [9.17, 15) is 0 Å². The fraction of sp³-hybridized carbons (Fsp3) is 0.375. The Bertz CT molecular complexity index is 209. The summed E-state index contributed by atoms with van der Waals surface area (Å²) in [5.74, 6) is 3.14. The van der Waals surface area contributed by atoms with Crippen molar-refractivity contribution in [2.24, 2.45) is 10.2 Å². The molecule has 0 atom stereocenters. The fourth-order valence-corrected chi connectivity index (χ4v) is 0.510. The summed E-state index contributed by atoms with van der Waals surface area (Å²) in [6, 6.07) is 0. The van der Waals surface area contributed by atoms with Crippen LogP contribution in [-0.2, 0) is 0 Å². The number of hydrogen-bond acceptors (Lipinski definition) is 2. The topological polar surface area (TPSA) is 28.0 Å². The van der Waals surface area contributed by atoms with Gasteiger partial charge in [0.1, 0.15) is 5.84 Å². The minimum absolute atomic E-state index is 0.805. The highest BCUT2D eigenvalue weighted by molar-refractivity contribution is 5.80. The van der Waals surface area contributed by atoms with E-state index in [1.165, 1.54) is 0 Å². The van der Waals surface area contributed by atoms with E-state index < -0.39 is 0 Å². The average molecular weight is 151 g/mol. The van der Waals surface area contributed by atoms with E-state index in [0.29, 0.717) is 0 Å². The van der Waals surface area contributed by atoms with E-state index in [1.807, 2.05) is 38.1 Å². The summed E-state index contributed by atoms with van der Waals surface area (Å²) < 4.78 is 0. The Kier molecular flexibility index (Phi) is 4.78. The second kappa shape index (κ2) is 5.45. The molecule has 0 amide bonds. The summed E-state index contributed by atoms with van der Waals surface area (Å²) >= 11 is 0. The van der Waals surface area contributed by atoms with Crippen LogP contribution >= 0.6 is 0 Å². The maximum absolute atomic E-state index is 3.80. The Labute approximate surface area is 67.4 Å².